The highest BCUT2D eigenvalue weighted by molar-refractivity contribution is 5.80. The number of likely N-dealkylation sites (N-methyl/N-ethyl adjacent to an activating group) is 1. The number of carbonyl (C=O) groups excluding carboxylic acids is 1. The summed E-state index contributed by atoms with van der Waals surface area (Å²) < 4.78 is 43.4. The van der Waals surface area contributed by atoms with E-state index in [1.54, 1.807) is 20.9 Å². The predicted octanol–water partition coefficient (Wildman–Crippen LogP) is 2.22. The molecular formula is C13H20F3N3O2. The summed E-state index contributed by atoms with van der Waals surface area (Å²) in [5.41, 5.74) is -1.76. The number of hydrogen-bond donors (Lipinski definition) is 1. The first kappa shape index (κ1) is 17.5. The summed E-state index contributed by atoms with van der Waals surface area (Å²) in [4.78, 5) is 11.8. The van der Waals surface area contributed by atoms with Crippen LogP contribution in [0.4, 0.5) is 13.2 Å². The molecule has 0 aliphatic heterocycles. The molecule has 8 heteroatoms. The number of nitrogens with zero attached hydrogens (tertiary/aromatic N) is 2. The molecule has 5 nitrogen and oxygen atoms in total. The lowest BCUT2D eigenvalue weighted by Gasteiger charge is -2.26. The van der Waals surface area contributed by atoms with Gasteiger partial charge < -0.3 is 10.1 Å². The van der Waals surface area contributed by atoms with E-state index in [1.165, 1.54) is 10.9 Å². The van der Waals surface area contributed by atoms with E-state index in [0.29, 0.717) is 19.4 Å². The standard InChI is InChI=1S/C13H20F3N3O2/c1-4-21-11(20)12(2,17-3)7-5-8-19-9-6-10(18-19)13(14,15)16/h6,9,17H,4-5,7-8H2,1-3H3. The molecule has 0 aromatic carbocycles. The third-order valence-electron chi connectivity index (χ3n) is 3.27. The number of hydrogen-bond acceptors (Lipinski definition) is 4. The summed E-state index contributed by atoms with van der Waals surface area (Å²) in [6.45, 7) is 4.00. The number of nitrogens with one attached hydrogen (secondary N) is 1. The summed E-state index contributed by atoms with van der Waals surface area (Å²) in [6.07, 6.45) is -2.22. The van der Waals surface area contributed by atoms with Crippen molar-refractivity contribution in [3.05, 3.63) is 18.0 Å². The van der Waals surface area contributed by atoms with Crippen molar-refractivity contribution in [2.24, 2.45) is 0 Å². The van der Waals surface area contributed by atoms with Gasteiger partial charge in [0, 0.05) is 12.7 Å². The van der Waals surface area contributed by atoms with Gasteiger partial charge in [-0.25, -0.2) is 0 Å². The van der Waals surface area contributed by atoms with Crippen LogP contribution in [0.1, 0.15) is 32.4 Å². The fourth-order valence-electron chi connectivity index (χ4n) is 1.85. The lowest BCUT2D eigenvalue weighted by Crippen LogP contribution is -2.48. The molecule has 0 saturated carbocycles. The van der Waals surface area contributed by atoms with E-state index in [2.05, 4.69) is 10.4 Å². The zero-order chi connectivity index (χ0) is 16.1. The van der Waals surface area contributed by atoms with Crippen LogP contribution in [0.15, 0.2) is 12.3 Å². The fourth-order valence-corrected chi connectivity index (χ4v) is 1.85. The Morgan fingerprint density at radius 1 is 1.48 bits per heavy atom. The van der Waals surface area contributed by atoms with Gasteiger partial charge in [-0.3, -0.25) is 9.48 Å². The van der Waals surface area contributed by atoms with E-state index in [0.717, 1.165) is 6.07 Å². The lowest BCUT2D eigenvalue weighted by atomic mass is 9.96. The second-order valence-corrected chi connectivity index (χ2v) is 4.87. The molecule has 0 bridgehead atoms. The number of ether oxygens (including phenoxy) is 1. The van der Waals surface area contributed by atoms with Crippen LogP contribution in [0, 0.1) is 0 Å². The van der Waals surface area contributed by atoms with Crippen molar-refractivity contribution in [3.63, 3.8) is 0 Å². The van der Waals surface area contributed by atoms with Crippen molar-refractivity contribution in [2.75, 3.05) is 13.7 Å². The van der Waals surface area contributed by atoms with Gasteiger partial charge in [0.05, 0.1) is 6.61 Å². The largest absolute Gasteiger partial charge is 0.465 e. The Labute approximate surface area is 121 Å². The summed E-state index contributed by atoms with van der Waals surface area (Å²) in [5.74, 6) is -0.371. The number of rotatable bonds is 7. The number of esters is 1. The average Bonchev–Trinajstić information content (AvgIpc) is 2.87. The topological polar surface area (TPSA) is 56.2 Å². The van der Waals surface area contributed by atoms with Gasteiger partial charge in [0.15, 0.2) is 5.69 Å². The molecule has 1 atom stereocenters. The van der Waals surface area contributed by atoms with Crippen molar-refractivity contribution in [3.8, 4) is 0 Å². The molecule has 1 rings (SSSR count). The molecule has 1 aromatic heterocycles. The van der Waals surface area contributed by atoms with Crippen LogP contribution in [-0.4, -0.2) is 34.9 Å². The second kappa shape index (κ2) is 6.93. The average molecular weight is 307 g/mol. The molecule has 0 aliphatic rings. The van der Waals surface area contributed by atoms with Crippen LogP contribution in [0.2, 0.25) is 0 Å². The molecule has 1 heterocycles. The second-order valence-electron chi connectivity index (χ2n) is 4.87. The van der Waals surface area contributed by atoms with E-state index in [4.69, 9.17) is 4.74 Å². The molecular weight excluding hydrogens is 287 g/mol. The third-order valence-corrected chi connectivity index (χ3v) is 3.27. The Hall–Kier alpha value is -1.57. The normalized spacial score (nSPS) is 14.8. The Balaban J connectivity index is 2.55. The van der Waals surface area contributed by atoms with Crippen LogP contribution in [0.5, 0.6) is 0 Å². The smallest absolute Gasteiger partial charge is 0.435 e. The van der Waals surface area contributed by atoms with Gasteiger partial charge in [-0.1, -0.05) is 0 Å². The maximum Gasteiger partial charge on any atom is 0.435 e. The van der Waals surface area contributed by atoms with Crippen molar-refractivity contribution in [1.82, 2.24) is 15.1 Å². The van der Waals surface area contributed by atoms with Crippen LogP contribution >= 0.6 is 0 Å². The fraction of sp³-hybridized carbons (Fsp3) is 0.692. The van der Waals surface area contributed by atoms with Gasteiger partial charge in [0.1, 0.15) is 5.54 Å². The third kappa shape index (κ3) is 4.73. The zero-order valence-corrected chi connectivity index (χ0v) is 12.3. The van der Waals surface area contributed by atoms with E-state index >= 15 is 0 Å². The molecule has 1 N–H and O–H groups in total. The minimum absolute atomic E-state index is 0.282. The molecule has 0 aliphatic carbocycles. The maximum absolute atomic E-state index is 12.4. The highest BCUT2D eigenvalue weighted by Gasteiger charge is 2.34. The van der Waals surface area contributed by atoms with Crippen LogP contribution in [-0.2, 0) is 22.3 Å². The lowest BCUT2D eigenvalue weighted by molar-refractivity contribution is -0.150. The molecule has 0 saturated heterocycles. The summed E-state index contributed by atoms with van der Waals surface area (Å²) in [6, 6.07) is 0.933. The zero-order valence-electron chi connectivity index (χ0n) is 12.3. The molecule has 1 unspecified atom stereocenters. The van der Waals surface area contributed by atoms with Gasteiger partial charge in [-0.05, 0) is 39.8 Å². The van der Waals surface area contributed by atoms with Crippen molar-refractivity contribution >= 4 is 5.97 Å². The maximum atomic E-state index is 12.4. The summed E-state index contributed by atoms with van der Waals surface area (Å²) in [5, 5.41) is 6.36. The van der Waals surface area contributed by atoms with E-state index in [1.807, 2.05) is 0 Å². The van der Waals surface area contributed by atoms with Crippen LogP contribution < -0.4 is 5.32 Å². The van der Waals surface area contributed by atoms with Crippen molar-refractivity contribution in [2.45, 2.75) is 44.9 Å². The van der Waals surface area contributed by atoms with Crippen LogP contribution in [0.25, 0.3) is 0 Å². The van der Waals surface area contributed by atoms with E-state index in [-0.39, 0.29) is 12.6 Å². The first-order valence-electron chi connectivity index (χ1n) is 6.69. The minimum Gasteiger partial charge on any atom is -0.465 e. The van der Waals surface area contributed by atoms with Crippen molar-refractivity contribution in [1.29, 1.82) is 0 Å². The Kier molecular flexibility index (Phi) is 5.77. The summed E-state index contributed by atoms with van der Waals surface area (Å²) >= 11 is 0. The monoisotopic (exact) mass is 307 g/mol. The highest BCUT2D eigenvalue weighted by Crippen LogP contribution is 2.27. The Morgan fingerprint density at radius 2 is 2.14 bits per heavy atom. The number of aryl methyl sites for hydroxylation is 1. The highest BCUT2D eigenvalue weighted by atomic mass is 19.4. The van der Waals surface area contributed by atoms with Crippen molar-refractivity contribution < 1.29 is 22.7 Å². The molecule has 120 valence electrons. The molecule has 0 spiro atoms. The number of halogens is 3. The number of aromatic nitrogens is 2. The van der Waals surface area contributed by atoms with Gasteiger partial charge in [0.25, 0.3) is 0 Å². The van der Waals surface area contributed by atoms with E-state index < -0.39 is 17.4 Å². The van der Waals surface area contributed by atoms with Gasteiger partial charge >= 0.3 is 12.1 Å². The molecule has 21 heavy (non-hydrogen) atoms. The summed E-state index contributed by atoms with van der Waals surface area (Å²) in [7, 11) is 1.65. The molecule has 0 radical (unpaired) electrons. The Morgan fingerprint density at radius 3 is 2.62 bits per heavy atom. The first-order chi connectivity index (χ1) is 9.73. The Bertz CT molecular complexity index is 473. The quantitative estimate of drug-likeness (QED) is 0.785. The molecule has 0 amide bonds. The van der Waals surface area contributed by atoms with Gasteiger partial charge in [-0.2, -0.15) is 18.3 Å². The number of carbonyl (C=O) groups is 1. The van der Waals surface area contributed by atoms with Crippen LogP contribution in [0.3, 0.4) is 0 Å². The van der Waals surface area contributed by atoms with Gasteiger partial charge in [0.2, 0.25) is 0 Å². The molecule has 1 aromatic rings. The first-order valence-corrected chi connectivity index (χ1v) is 6.69. The predicted molar refractivity (Wildman–Crippen MR) is 70.6 cm³/mol. The number of alkyl halides is 3. The SMILES string of the molecule is CCOC(=O)C(C)(CCCn1ccc(C(F)(F)F)n1)NC. The molecule has 0 fully saturated rings. The van der Waals surface area contributed by atoms with Gasteiger partial charge in [-0.15, -0.1) is 0 Å². The minimum atomic E-state index is -4.43. The van der Waals surface area contributed by atoms with E-state index in [9.17, 15) is 18.0 Å².